The minimum absolute atomic E-state index is 0.00231. The smallest absolute Gasteiger partial charge is 0.167 e. The number of fused-ring (bicyclic) bond motifs is 3. The Morgan fingerprint density at radius 2 is 1.88 bits per heavy atom. The fourth-order valence-electron chi connectivity index (χ4n) is 7.32. The lowest BCUT2D eigenvalue weighted by Gasteiger charge is -2.65. The Balaban J connectivity index is 1.85. The maximum atomic E-state index is 13.1. The van der Waals surface area contributed by atoms with E-state index < -0.39 is 17.6 Å². The van der Waals surface area contributed by atoms with Crippen molar-refractivity contribution in [3.63, 3.8) is 0 Å². The number of rotatable bonds is 1. The maximum Gasteiger partial charge on any atom is 0.167 e. The van der Waals surface area contributed by atoms with Gasteiger partial charge in [-0.15, -0.1) is 0 Å². The number of hydrogen-bond donors (Lipinski definition) is 3. The van der Waals surface area contributed by atoms with Crippen LogP contribution in [0.2, 0.25) is 0 Å². The molecule has 0 heterocycles. The van der Waals surface area contributed by atoms with Crippen LogP contribution in [0.25, 0.3) is 0 Å². The van der Waals surface area contributed by atoms with Crippen molar-refractivity contribution in [3.8, 4) is 0 Å². The summed E-state index contributed by atoms with van der Waals surface area (Å²) in [6, 6.07) is 0. The molecule has 0 radical (unpaired) electrons. The van der Waals surface area contributed by atoms with Gasteiger partial charge in [-0.2, -0.15) is 0 Å². The number of aliphatic hydroxyl groups is 3. The van der Waals surface area contributed by atoms with Crippen LogP contribution in [0, 0.1) is 34.0 Å². The second-order valence-corrected chi connectivity index (χ2v) is 9.54. The van der Waals surface area contributed by atoms with Crippen LogP contribution in [0.3, 0.4) is 0 Å². The summed E-state index contributed by atoms with van der Waals surface area (Å²) in [5.74, 6) is -0.0309. The Bertz CT molecular complexity index is 600. The van der Waals surface area contributed by atoms with Gasteiger partial charge in [0.1, 0.15) is 0 Å². The zero-order chi connectivity index (χ0) is 17.5. The molecule has 1 spiro atoms. The number of aliphatic hydroxyl groups excluding tert-OH is 3. The third-order valence-corrected chi connectivity index (χ3v) is 8.59. The van der Waals surface area contributed by atoms with Gasteiger partial charge < -0.3 is 15.3 Å². The van der Waals surface area contributed by atoms with Gasteiger partial charge >= 0.3 is 0 Å². The van der Waals surface area contributed by atoms with Crippen molar-refractivity contribution in [3.05, 3.63) is 12.2 Å². The molecule has 4 aliphatic carbocycles. The third kappa shape index (κ3) is 1.72. The number of carbonyl (C=O) groups excluding carboxylic acids is 1. The molecule has 0 aromatic carbocycles. The molecule has 4 heteroatoms. The van der Waals surface area contributed by atoms with E-state index in [0.717, 1.165) is 19.3 Å². The lowest BCUT2D eigenvalue weighted by molar-refractivity contribution is -0.213. The fourth-order valence-corrected chi connectivity index (χ4v) is 7.32. The van der Waals surface area contributed by atoms with Gasteiger partial charge in [0.05, 0.1) is 17.6 Å². The van der Waals surface area contributed by atoms with Crippen LogP contribution in [-0.4, -0.2) is 39.9 Å². The highest BCUT2D eigenvalue weighted by molar-refractivity contribution is 6.03. The van der Waals surface area contributed by atoms with E-state index in [1.807, 2.05) is 0 Å². The standard InChI is InChI=1S/C20H30O4/c1-11-12-9-20(17(11)24)15(7-13(12)22)19(3)6-4-5-18(2,10-21)14(19)8-16(20)23/h12-16,21-23H,1,4-10H2,2-3H3/t12-,13+,14-,15+,16-,18-,19-,20-/m1/s1. The van der Waals surface area contributed by atoms with Crippen molar-refractivity contribution in [2.24, 2.45) is 34.0 Å². The Labute approximate surface area is 144 Å². The molecule has 4 aliphatic rings. The first-order valence-corrected chi connectivity index (χ1v) is 9.41. The van der Waals surface area contributed by atoms with E-state index in [2.05, 4.69) is 20.4 Å². The normalized spacial score (nSPS) is 56.8. The SMILES string of the molecule is C=C1C(=O)[C@]23C[C@H]1[C@@H](O)C[C@H]2[C@]1(C)CCC[C@](C)(CO)[C@H]1C[C@H]3O. The van der Waals surface area contributed by atoms with E-state index in [4.69, 9.17) is 0 Å². The minimum Gasteiger partial charge on any atom is -0.396 e. The highest BCUT2D eigenvalue weighted by Gasteiger charge is 2.71. The van der Waals surface area contributed by atoms with Crippen LogP contribution >= 0.6 is 0 Å². The molecule has 8 atom stereocenters. The molecule has 0 unspecified atom stereocenters. The summed E-state index contributed by atoms with van der Waals surface area (Å²) in [6.45, 7) is 8.44. The van der Waals surface area contributed by atoms with Gasteiger partial charge in [0, 0.05) is 12.5 Å². The molecule has 134 valence electrons. The molecule has 0 aliphatic heterocycles. The second kappa shape index (κ2) is 4.93. The fraction of sp³-hybridized carbons (Fsp3) is 0.850. The van der Waals surface area contributed by atoms with Crippen molar-refractivity contribution in [2.45, 2.75) is 64.6 Å². The van der Waals surface area contributed by atoms with Gasteiger partial charge in [-0.05, 0) is 60.3 Å². The second-order valence-electron chi connectivity index (χ2n) is 9.54. The van der Waals surface area contributed by atoms with Crippen molar-refractivity contribution in [1.29, 1.82) is 0 Å². The predicted molar refractivity (Wildman–Crippen MR) is 90.1 cm³/mol. The molecule has 24 heavy (non-hydrogen) atoms. The average Bonchev–Trinajstić information content (AvgIpc) is 2.77. The van der Waals surface area contributed by atoms with E-state index in [1.165, 1.54) is 0 Å². The zero-order valence-electron chi connectivity index (χ0n) is 14.8. The maximum absolute atomic E-state index is 13.1. The Kier molecular flexibility index (Phi) is 3.44. The topological polar surface area (TPSA) is 77.8 Å². The molecule has 0 aromatic heterocycles. The molecule has 4 saturated carbocycles. The summed E-state index contributed by atoms with van der Waals surface area (Å²) >= 11 is 0. The number of hydrogen-bond acceptors (Lipinski definition) is 4. The number of carbonyl (C=O) groups is 1. The molecular formula is C20H30O4. The summed E-state index contributed by atoms with van der Waals surface area (Å²) in [5.41, 5.74) is -0.566. The van der Waals surface area contributed by atoms with Crippen LogP contribution < -0.4 is 0 Å². The minimum atomic E-state index is -0.750. The van der Waals surface area contributed by atoms with Gasteiger partial charge in [-0.25, -0.2) is 0 Å². The molecule has 0 saturated heterocycles. The van der Waals surface area contributed by atoms with Gasteiger partial charge in [0.2, 0.25) is 0 Å². The number of ketones is 1. The van der Waals surface area contributed by atoms with Gasteiger partial charge in [0.15, 0.2) is 5.78 Å². The van der Waals surface area contributed by atoms with Crippen LogP contribution in [0.1, 0.15) is 52.4 Å². The molecule has 4 fully saturated rings. The lowest BCUT2D eigenvalue weighted by Crippen LogP contribution is -2.64. The molecule has 0 aromatic rings. The Morgan fingerprint density at radius 3 is 2.54 bits per heavy atom. The van der Waals surface area contributed by atoms with Gasteiger partial charge in [0.25, 0.3) is 0 Å². The molecular weight excluding hydrogens is 304 g/mol. The largest absolute Gasteiger partial charge is 0.396 e. The van der Waals surface area contributed by atoms with Crippen molar-refractivity contribution >= 4 is 5.78 Å². The van der Waals surface area contributed by atoms with Crippen LogP contribution in [0.4, 0.5) is 0 Å². The summed E-state index contributed by atoms with van der Waals surface area (Å²) in [5, 5.41) is 31.8. The number of Topliss-reactive ketones (excluding diaryl/α,β-unsaturated/α-hetero) is 1. The van der Waals surface area contributed by atoms with E-state index >= 15 is 0 Å². The summed E-state index contributed by atoms with van der Waals surface area (Å²) in [7, 11) is 0. The van der Waals surface area contributed by atoms with Gasteiger partial charge in [-0.1, -0.05) is 26.8 Å². The van der Waals surface area contributed by atoms with Gasteiger partial charge in [-0.3, -0.25) is 4.79 Å². The molecule has 4 rings (SSSR count). The first kappa shape index (κ1) is 16.7. The highest BCUT2D eigenvalue weighted by atomic mass is 16.3. The molecule has 2 bridgehead atoms. The monoisotopic (exact) mass is 334 g/mol. The average molecular weight is 334 g/mol. The lowest BCUT2D eigenvalue weighted by atomic mass is 9.40. The first-order valence-electron chi connectivity index (χ1n) is 9.41. The highest BCUT2D eigenvalue weighted by Crippen LogP contribution is 2.70. The quantitative estimate of drug-likeness (QED) is 0.642. The third-order valence-electron chi connectivity index (χ3n) is 8.59. The first-order chi connectivity index (χ1) is 11.2. The summed E-state index contributed by atoms with van der Waals surface area (Å²) in [6.07, 6.45) is 3.47. The molecule has 0 amide bonds. The van der Waals surface area contributed by atoms with Crippen molar-refractivity contribution < 1.29 is 20.1 Å². The van der Waals surface area contributed by atoms with E-state index in [1.54, 1.807) is 0 Å². The summed E-state index contributed by atoms with van der Waals surface area (Å²) < 4.78 is 0. The van der Waals surface area contributed by atoms with E-state index in [-0.39, 0.29) is 41.0 Å². The zero-order valence-corrected chi connectivity index (χ0v) is 14.8. The van der Waals surface area contributed by atoms with Crippen molar-refractivity contribution in [1.82, 2.24) is 0 Å². The van der Waals surface area contributed by atoms with Crippen LogP contribution in [0.15, 0.2) is 12.2 Å². The Hall–Kier alpha value is -0.710. The molecule has 3 N–H and O–H groups in total. The summed E-state index contributed by atoms with van der Waals surface area (Å²) in [4.78, 5) is 13.1. The predicted octanol–water partition coefficient (Wildman–Crippen LogP) is 2.07. The Morgan fingerprint density at radius 1 is 1.17 bits per heavy atom. The van der Waals surface area contributed by atoms with Crippen LogP contribution in [-0.2, 0) is 4.79 Å². The van der Waals surface area contributed by atoms with Crippen LogP contribution in [0.5, 0.6) is 0 Å². The van der Waals surface area contributed by atoms with Crippen molar-refractivity contribution in [2.75, 3.05) is 6.61 Å². The van der Waals surface area contributed by atoms with E-state index in [9.17, 15) is 20.1 Å². The van der Waals surface area contributed by atoms with E-state index in [0.29, 0.717) is 24.8 Å². The molecule has 4 nitrogen and oxygen atoms in total.